The summed E-state index contributed by atoms with van der Waals surface area (Å²) >= 11 is 1.62. The molecule has 0 radical (unpaired) electrons. The highest BCUT2D eigenvalue weighted by atomic mass is 32.1. The molecule has 1 N–H and O–H groups in total. The molecule has 106 valence electrons. The summed E-state index contributed by atoms with van der Waals surface area (Å²) in [5.74, 6) is -0.194. The van der Waals surface area contributed by atoms with Crippen molar-refractivity contribution in [2.45, 2.75) is 26.3 Å². The first-order chi connectivity index (χ1) is 9.58. The third-order valence-electron chi connectivity index (χ3n) is 3.14. The van der Waals surface area contributed by atoms with Crippen LogP contribution in [0.5, 0.6) is 0 Å². The van der Waals surface area contributed by atoms with Crippen LogP contribution in [-0.2, 0) is 11.2 Å². The van der Waals surface area contributed by atoms with E-state index < -0.39 is 0 Å². The number of halogens is 1. The van der Waals surface area contributed by atoms with Gasteiger partial charge in [-0.1, -0.05) is 38.1 Å². The first-order valence-electron chi connectivity index (χ1n) is 6.64. The highest BCUT2D eigenvalue weighted by Crippen LogP contribution is 2.25. The van der Waals surface area contributed by atoms with Crippen molar-refractivity contribution in [2.75, 3.05) is 0 Å². The van der Waals surface area contributed by atoms with E-state index in [2.05, 4.69) is 19.2 Å². The minimum atomic E-state index is -0.333. The summed E-state index contributed by atoms with van der Waals surface area (Å²) in [6.45, 7) is 4.13. The molecular weight excluding hydrogens is 273 g/mol. The van der Waals surface area contributed by atoms with E-state index in [0.717, 1.165) is 4.88 Å². The molecule has 2 nitrogen and oxygen atoms in total. The zero-order chi connectivity index (χ0) is 14.5. The van der Waals surface area contributed by atoms with Crippen LogP contribution in [0.1, 0.15) is 30.3 Å². The fourth-order valence-corrected chi connectivity index (χ4v) is 3.02. The highest BCUT2D eigenvalue weighted by Gasteiger charge is 2.19. The van der Waals surface area contributed by atoms with Gasteiger partial charge in [-0.3, -0.25) is 4.79 Å². The Kier molecular flexibility index (Phi) is 4.90. The number of nitrogens with one attached hydrogen (secondary N) is 1. The molecule has 2 rings (SSSR count). The van der Waals surface area contributed by atoms with Gasteiger partial charge in [-0.25, -0.2) is 4.39 Å². The van der Waals surface area contributed by atoms with Gasteiger partial charge in [-0.2, -0.15) is 0 Å². The molecule has 1 amide bonds. The van der Waals surface area contributed by atoms with E-state index in [4.69, 9.17) is 0 Å². The molecule has 0 spiro atoms. The predicted molar refractivity (Wildman–Crippen MR) is 80.1 cm³/mol. The monoisotopic (exact) mass is 291 g/mol. The molecule has 0 bridgehead atoms. The third kappa shape index (κ3) is 3.67. The van der Waals surface area contributed by atoms with Crippen LogP contribution in [0, 0.1) is 11.7 Å². The summed E-state index contributed by atoms with van der Waals surface area (Å²) in [5.41, 5.74) is 0.429. The Balaban J connectivity index is 2.05. The molecule has 4 heteroatoms. The van der Waals surface area contributed by atoms with Crippen molar-refractivity contribution in [2.24, 2.45) is 5.92 Å². The van der Waals surface area contributed by atoms with Gasteiger partial charge in [0.25, 0.3) is 0 Å². The quantitative estimate of drug-likeness (QED) is 0.888. The van der Waals surface area contributed by atoms with Gasteiger partial charge in [0, 0.05) is 4.88 Å². The van der Waals surface area contributed by atoms with E-state index >= 15 is 0 Å². The van der Waals surface area contributed by atoms with Crippen LogP contribution in [0.4, 0.5) is 4.39 Å². The normalized spacial score (nSPS) is 12.4. The maximum Gasteiger partial charge on any atom is 0.225 e. The first-order valence-corrected chi connectivity index (χ1v) is 7.52. The van der Waals surface area contributed by atoms with E-state index in [1.54, 1.807) is 29.5 Å². The van der Waals surface area contributed by atoms with Crippen molar-refractivity contribution in [3.63, 3.8) is 0 Å². The minimum absolute atomic E-state index is 0.0192. The Morgan fingerprint density at radius 2 is 2.00 bits per heavy atom. The lowest BCUT2D eigenvalue weighted by Gasteiger charge is -2.21. The number of carbonyl (C=O) groups is 1. The summed E-state index contributed by atoms with van der Waals surface area (Å²) in [5, 5.41) is 4.99. The van der Waals surface area contributed by atoms with Crippen LogP contribution < -0.4 is 5.32 Å². The molecule has 0 fully saturated rings. The molecule has 1 aromatic heterocycles. The minimum Gasteiger partial charge on any atom is -0.348 e. The standard InChI is InChI=1S/C16H18FNOS/c1-11(2)16(14-8-5-9-20-14)18-15(19)10-12-6-3-4-7-13(12)17/h3-9,11,16H,10H2,1-2H3,(H,18,19)/t16-/m0/s1. The lowest BCUT2D eigenvalue weighted by molar-refractivity contribution is -0.121. The summed E-state index contributed by atoms with van der Waals surface area (Å²) in [4.78, 5) is 13.2. The molecule has 1 aromatic carbocycles. The van der Waals surface area contributed by atoms with Crippen molar-refractivity contribution in [1.82, 2.24) is 5.32 Å². The second kappa shape index (κ2) is 6.66. The van der Waals surface area contributed by atoms with Gasteiger partial charge < -0.3 is 5.32 Å². The topological polar surface area (TPSA) is 29.1 Å². The van der Waals surface area contributed by atoms with Gasteiger partial charge in [0.2, 0.25) is 5.91 Å². The van der Waals surface area contributed by atoms with E-state index in [0.29, 0.717) is 11.5 Å². The van der Waals surface area contributed by atoms with Gasteiger partial charge in [0.1, 0.15) is 5.82 Å². The fourth-order valence-electron chi connectivity index (χ4n) is 2.07. The largest absolute Gasteiger partial charge is 0.348 e. The summed E-state index contributed by atoms with van der Waals surface area (Å²) in [7, 11) is 0. The fraction of sp³-hybridized carbons (Fsp3) is 0.312. The van der Waals surface area contributed by atoms with Crippen LogP contribution in [-0.4, -0.2) is 5.91 Å². The maximum atomic E-state index is 13.5. The summed E-state index contributed by atoms with van der Waals surface area (Å²) in [6, 6.07) is 10.3. The Hall–Kier alpha value is -1.68. The number of carbonyl (C=O) groups excluding carboxylic acids is 1. The lowest BCUT2D eigenvalue weighted by atomic mass is 10.0. The maximum absolute atomic E-state index is 13.5. The number of amides is 1. The smallest absolute Gasteiger partial charge is 0.225 e. The Morgan fingerprint density at radius 1 is 1.25 bits per heavy atom. The molecule has 0 aliphatic rings. The molecular formula is C16H18FNOS. The molecule has 0 saturated heterocycles. The zero-order valence-corrected chi connectivity index (χ0v) is 12.4. The molecule has 2 aromatic rings. The Morgan fingerprint density at radius 3 is 2.60 bits per heavy atom. The number of hydrogen-bond acceptors (Lipinski definition) is 2. The second-order valence-corrected chi connectivity index (χ2v) is 6.05. The highest BCUT2D eigenvalue weighted by molar-refractivity contribution is 7.10. The van der Waals surface area contributed by atoms with Crippen LogP contribution in [0.15, 0.2) is 41.8 Å². The average Bonchev–Trinajstić information content (AvgIpc) is 2.92. The lowest BCUT2D eigenvalue weighted by Crippen LogP contribution is -2.32. The second-order valence-electron chi connectivity index (χ2n) is 5.07. The number of hydrogen-bond donors (Lipinski definition) is 1. The van der Waals surface area contributed by atoms with Crippen molar-refractivity contribution in [1.29, 1.82) is 0 Å². The zero-order valence-electron chi connectivity index (χ0n) is 11.6. The van der Waals surface area contributed by atoms with Gasteiger partial charge >= 0.3 is 0 Å². The summed E-state index contributed by atoms with van der Waals surface area (Å²) in [6.07, 6.45) is 0.0707. The van der Waals surface area contributed by atoms with E-state index in [-0.39, 0.29) is 24.2 Å². The molecule has 0 saturated carbocycles. The number of thiophene rings is 1. The first kappa shape index (κ1) is 14.7. The third-order valence-corrected chi connectivity index (χ3v) is 4.10. The van der Waals surface area contributed by atoms with Crippen molar-refractivity contribution in [3.8, 4) is 0 Å². The van der Waals surface area contributed by atoms with Gasteiger partial charge in [0.15, 0.2) is 0 Å². The van der Waals surface area contributed by atoms with Crippen LogP contribution in [0.2, 0.25) is 0 Å². The van der Waals surface area contributed by atoms with Gasteiger partial charge in [0.05, 0.1) is 12.5 Å². The molecule has 0 aliphatic heterocycles. The number of benzene rings is 1. The Labute approximate surface area is 122 Å². The molecule has 20 heavy (non-hydrogen) atoms. The molecule has 1 atom stereocenters. The SMILES string of the molecule is CC(C)[C@H](NC(=O)Cc1ccccc1F)c1cccs1. The van der Waals surface area contributed by atoms with E-state index in [9.17, 15) is 9.18 Å². The summed E-state index contributed by atoms with van der Waals surface area (Å²) < 4.78 is 13.5. The molecule has 1 heterocycles. The van der Waals surface area contributed by atoms with Crippen LogP contribution in [0.3, 0.4) is 0 Å². The average molecular weight is 291 g/mol. The van der Waals surface area contributed by atoms with Gasteiger partial charge in [-0.05, 0) is 29.0 Å². The van der Waals surface area contributed by atoms with E-state index in [1.165, 1.54) is 6.07 Å². The number of rotatable bonds is 5. The van der Waals surface area contributed by atoms with Crippen molar-refractivity contribution >= 4 is 17.2 Å². The van der Waals surface area contributed by atoms with Crippen LogP contribution in [0.25, 0.3) is 0 Å². The van der Waals surface area contributed by atoms with E-state index in [1.807, 2.05) is 17.5 Å². The Bertz CT molecular complexity index is 566. The molecule has 0 aliphatic carbocycles. The molecule has 0 unspecified atom stereocenters. The van der Waals surface area contributed by atoms with Crippen molar-refractivity contribution in [3.05, 3.63) is 58.0 Å². The van der Waals surface area contributed by atoms with Crippen molar-refractivity contribution < 1.29 is 9.18 Å². The van der Waals surface area contributed by atoms with Gasteiger partial charge in [-0.15, -0.1) is 11.3 Å². The predicted octanol–water partition coefficient (Wildman–Crippen LogP) is 3.94. The van der Waals surface area contributed by atoms with Crippen LogP contribution >= 0.6 is 11.3 Å².